The lowest BCUT2D eigenvalue weighted by atomic mass is 10.2. The van der Waals surface area contributed by atoms with Crippen molar-refractivity contribution >= 4 is 23.2 Å². The van der Waals surface area contributed by atoms with Crippen LogP contribution < -0.4 is 10.1 Å². The quantitative estimate of drug-likeness (QED) is 0.825. The molecule has 0 aromatic heterocycles. The molecule has 0 spiro atoms. The van der Waals surface area contributed by atoms with Crippen LogP contribution in [0, 0.1) is 5.82 Å². The van der Waals surface area contributed by atoms with E-state index in [1.807, 2.05) is 11.9 Å². The molecule has 0 heterocycles. The molecule has 0 aliphatic heterocycles. The van der Waals surface area contributed by atoms with Crippen molar-refractivity contribution in [1.29, 1.82) is 0 Å². The van der Waals surface area contributed by atoms with E-state index in [0.717, 1.165) is 5.75 Å². The minimum Gasteiger partial charge on any atom is -0.492 e. The standard InChI is InChI=1S/C18H20ClFN2O2/c1-13(18(23)21-17-6-4-3-5-16(17)20)22(2)11-12-24-15-9-7-14(19)8-10-15/h3-10,13H,11-12H2,1-2H3,(H,21,23)/t13-/m0/s1. The number of likely N-dealkylation sites (N-methyl/N-ethyl adjacent to an activating group) is 1. The van der Waals surface area contributed by atoms with Gasteiger partial charge in [0.15, 0.2) is 0 Å². The smallest absolute Gasteiger partial charge is 0.241 e. The molecule has 0 aliphatic rings. The zero-order valence-corrected chi connectivity index (χ0v) is 14.4. The molecule has 2 rings (SSSR count). The topological polar surface area (TPSA) is 41.6 Å². The highest BCUT2D eigenvalue weighted by molar-refractivity contribution is 6.30. The van der Waals surface area contributed by atoms with E-state index in [-0.39, 0.29) is 11.6 Å². The molecule has 2 aromatic carbocycles. The molecule has 0 bridgehead atoms. The van der Waals surface area contributed by atoms with E-state index in [0.29, 0.717) is 18.2 Å². The van der Waals surface area contributed by atoms with Gasteiger partial charge in [-0.2, -0.15) is 0 Å². The number of amides is 1. The van der Waals surface area contributed by atoms with Gasteiger partial charge in [-0.25, -0.2) is 4.39 Å². The molecule has 2 aromatic rings. The highest BCUT2D eigenvalue weighted by atomic mass is 35.5. The maximum atomic E-state index is 13.6. The number of nitrogens with zero attached hydrogens (tertiary/aromatic N) is 1. The molecule has 0 unspecified atom stereocenters. The third kappa shape index (κ3) is 5.22. The van der Waals surface area contributed by atoms with Crippen molar-refractivity contribution in [3.8, 4) is 5.75 Å². The maximum absolute atomic E-state index is 13.6. The molecule has 0 fully saturated rings. The number of benzene rings is 2. The SMILES string of the molecule is C[C@@H](C(=O)Nc1ccccc1F)N(C)CCOc1ccc(Cl)cc1. The molecule has 0 aliphatic carbocycles. The fourth-order valence-electron chi connectivity index (χ4n) is 2.03. The second-order valence-corrected chi connectivity index (χ2v) is 5.86. The van der Waals surface area contributed by atoms with Crippen molar-refractivity contribution < 1.29 is 13.9 Å². The molecule has 4 nitrogen and oxygen atoms in total. The lowest BCUT2D eigenvalue weighted by molar-refractivity contribution is -0.120. The summed E-state index contributed by atoms with van der Waals surface area (Å²) in [5.74, 6) is -0.00266. The molecule has 0 saturated carbocycles. The van der Waals surface area contributed by atoms with Crippen LogP contribution >= 0.6 is 11.6 Å². The van der Waals surface area contributed by atoms with Crippen LogP contribution in [0.5, 0.6) is 5.75 Å². The summed E-state index contributed by atoms with van der Waals surface area (Å²) in [5.41, 5.74) is 0.181. The fourth-order valence-corrected chi connectivity index (χ4v) is 2.16. The van der Waals surface area contributed by atoms with Gasteiger partial charge in [0.1, 0.15) is 18.2 Å². The number of nitrogens with one attached hydrogen (secondary N) is 1. The summed E-state index contributed by atoms with van der Waals surface area (Å²) in [4.78, 5) is 14.0. The van der Waals surface area contributed by atoms with Crippen LogP contribution in [0.3, 0.4) is 0 Å². The maximum Gasteiger partial charge on any atom is 0.241 e. The van der Waals surface area contributed by atoms with Gasteiger partial charge in [-0.1, -0.05) is 23.7 Å². The summed E-state index contributed by atoms with van der Waals surface area (Å²) < 4.78 is 19.2. The summed E-state index contributed by atoms with van der Waals surface area (Å²) in [6, 6.07) is 12.8. The minimum absolute atomic E-state index is 0.181. The third-order valence-electron chi connectivity index (χ3n) is 3.70. The van der Waals surface area contributed by atoms with Crippen LogP contribution in [0.15, 0.2) is 48.5 Å². The van der Waals surface area contributed by atoms with Gasteiger partial charge < -0.3 is 10.1 Å². The molecule has 24 heavy (non-hydrogen) atoms. The monoisotopic (exact) mass is 350 g/mol. The molecule has 1 amide bonds. The van der Waals surface area contributed by atoms with Gasteiger partial charge in [-0.05, 0) is 50.4 Å². The number of carbonyl (C=O) groups excluding carboxylic acids is 1. The lowest BCUT2D eigenvalue weighted by Gasteiger charge is -2.24. The van der Waals surface area contributed by atoms with Gasteiger partial charge in [0.2, 0.25) is 5.91 Å². The van der Waals surface area contributed by atoms with Gasteiger partial charge in [0.05, 0.1) is 11.7 Å². The summed E-state index contributed by atoms with van der Waals surface area (Å²) in [6.07, 6.45) is 0. The molecule has 1 N–H and O–H groups in total. The Bertz CT molecular complexity index is 679. The zero-order valence-electron chi connectivity index (χ0n) is 13.6. The normalized spacial score (nSPS) is 12.0. The van der Waals surface area contributed by atoms with E-state index < -0.39 is 11.9 Å². The minimum atomic E-state index is -0.452. The Morgan fingerprint density at radius 1 is 1.25 bits per heavy atom. The number of hydrogen-bond acceptors (Lipinski definition) is 3. The number of hydrogen-bond donors (Lipinski definition) is 1. The predicted molar refractivity (Wildman–Crippen MR) is 94.1 cm³/mol. The van der Waals surface area contributed by atoms with Gasteiger partial charge >= 0.3 is 0 Å². The van der Waals surface area contributed by atoms with E-state index in [9.17, 15) is 9.18 Å². The molecule has 0 radical (unpaired) electrons. The van der Waals surface area contributed by atoms with Gasteiger partial charge in [0, 0.05) is 11.6 Å². The highest BCUT2D eigenvalue weighted by Crippen LogP contribution is 2.16. The van der Waals surface area contributed by atoms with E-state index in [1.165, 1.54) is 12.1 Å². The first-order valence-corrected chi connectivity index (χ1v) is 7.99. The van der Waals surface area contributed by atoms with Gasteiger partial charge in [-0.3, -0.25) is 9.69 Å². The first-order valence-electron chi connectivity index (χ1n) is 7.61. The van der Waals surface area contributed by atoms with E-state index in [2.05, 4.69) is 5.32 Å². The van der Waals surface area contributed by atoms with Crippen LogP contribution in [-0.4, -0.2) is 37.0 Å². The van der Waals surface area contributed by atoms with Crippen molar-refractivity contribution in [2.75, 3.05) is 25.5 Å². The number of carbonyl (C=O) groups is 1. The number of para-hydroxylation sites is 1. The van der Waals surface area contributed by atoms with Crippen molar-refractivity contribution in [1.82, 2.24) is 4.90 Å². The molecule has 1 atom stereocenters. The first kappa shape index (κ1) is 18.2. The summed E-state index contributed by atoms with van der Waals surface area (Å²) >= 11 is 5.82. The number of ether oxygens (including phenoxy) is 1. The van der Waals surface area contributed by atoms with Crippen LogP contribution in [0.2, 0.25) is 5.02 Å². The summed E-state index contributed by atoms with van der Waals surface area (Å²) in [7, 11) is 1.82. The molecule has 6 heteroatoms. The van der Waals surface area contributed by atoms with Crippen molar-refractivity contribution in [2.45, 2.75) is 13.0 Å². The number of anilines is 1. The molecular weight excluding hydrogens is 331 g/mol. The van der Waals surface area contributed by atoms with Crippen LogP contribution in [0.4, 0.5) is 10.1 Å². The van der Waals surface area contributed by atoms with Crippen molar-refractivity contribution in [2.24, 2.45) is 0 Å². The van der Waals surface area contributed by atoms with Crippen LogP contribution in [0.1, 0.15) is 6.92 Å². The lowest BCUT2D eigenvalue weighted by Crippen LogP contribution is -2.41. The van der Waals surface area contributed by atoms with E-state index in [1.54, 1.807) is 43.3 Å². The average molecular weight is 351 g/mol. The Kier molecular flexibility index (Phi) is 6.58. The average Bonchev–Trinajstić information content (AvgIpc) is 2.58. The largest absolute Gasteiger partial charge is 0.492 e. The number of halogens is 2. The molecule has 0 saturated heterocycles. The Morgan fingerprint density at radius 3 is 2.58 bits per heavy atom. The highest BCUT2D eigenvalue weighted by Gasteiger charge is 2.19. The van der Waals surface area contributed by atoms with Crippen LogP contribution in [-0.2, 0) is 4.79 Å². The second-order valence-electron chi connectivity index (χ2n) is 5.43. The Labute approximate surface area is 146 Å². The zero-order chi connectivity index (χ0) is 17.5. The van der Waals surface area contributed by atoms with Gasteiger partial charge in [-0.15, -0.1) is 0 Å². The second kappa shape index (κ2) is 8.66. The summed E-state index contributed by atoms with van der Waals surface area (Å²) in [5, 5.41) is 3.24. The van der Waals surface area contributed by atoms with Crippen LogP contribution in [0.25, 0.3) is 0 Å². The van der Waals surface area contributed by atoms with E-state index in [4.69, 9.17) is 16.3 Å². The Balaban J connectivity index is 1.80. The van der Waals surface area contributed by atoms with Crippen molar-refractivity contribution in [3.05, 3.63) is 59.4 Å². The summed E-state index contributed by atoms with van der Waals surface area (Å²) in [6.45, 7) is 2.74. The Hall–Kier alpha value is -2.11. The first-order chi connectivity index (χ1) is 11.5. The van der Waals surface area contributed by atoms with Gasteiger partial charge in [0.25, 0.3) is 0 Å². The fraction of sp³-hybridized carbons (Fsp3) is 0.278. The van der Waals surface area contributed by atoms with Crippen molar-refractivity contribution in [3.63, 3.8) is 0 Å². The predicted octanol–water partition coefficient (Wildman–Crippen LogP) is 3.82. The van der Waals surface area contributed by atoms with E-state index >= 15 is 0 Å². The molecular formula is C18H20ClFN2O2. The molecule has 128 valence electrons. The third-order valence-corrected chi connectivity index (χ3v) is 3.95. The number of rotatable bonds is 7. The Morgan fingerprint density at radius 2 is 1.92 bits per heavy atom.